The zero-order chi connectivity index (χ0) is 19.6. The second-order valence-corrected chi connectivity index (χ2v) is 7.27. The van der Waals surface area contributed by atoms with Crippen LogP contribution in [0.15, 0.2) is 29.4 Å². The summed E-state index contributed by atoms with van der Waals surface area (Å²) >= 11 is 1.27. The molecule has 1 atom stereocenters. The highest BCUT2D eigenvalue weighted by Crippen LogP contribution is 2.26. The fraction of sp³-hybridized carbons (Fsp3) is 0.316. The molecule has 7 nitrogen and oxygen atoms in total. The molecule has 0 aliphatic rings. The van der Waals surface area contributed by atoms with Gasteiger partial charge in [0.25, 0.3) is 0 Å². The second kappa shape index (κ2) is 7.76. The first-order valence-electron chi connectivity index (χ1n) is 8.52. The van der Waals surface area contributed by atoms with Crippen LogP contribution in [0.5, 0.6) is 0 Å². The van der Waals surface area contributed by atoms with Gasteiger partial charge in [-0.2, -0.15) is 5.26 Å². The Morgan fingerprint density at radius 2 is 2.07 bits per heavy atom. The van der Waals surface area contributed by atoms with Crippen molar-refractivity contribution in [2.24, 2.45) is 0 Å². The molecule has 8 heteroatoms. The molecule has 0 aliphatic carbocycles. The highest BCUT2D eigenvalue weighted by Gasteiger charge is 2.18. The molecule has 27 heavy (non-hydrogen) atoms. The minimum atomic E-state index is -0.291. The van der Waals surface area contributed by atoms with Crippen LogP contribution in [0.1, 0.15) is 41.2 Å². The number of nitriles is 1. The first-order chi connectivity index (χ1) is 12.9. The highest BCUT2D eigenvalue weighted by molar-refractivity contribution is 8.00. The first-order valence-corrected chi connectivity index (χ1v) is 9.50. The quantitative estimate of drug-likeness (QED) is 0.684. The van der Waals surface area contributed by atoms with Crippen LogP contribution in [0.2, 0.25) is 0 Å². The average molecular weight is 380 g/mol. The number of carbonyl (C=O) groups excluding carboxylic acids is 1. The monoisotopic (exact) mass is 380 g/mol. The summed E-state index contributed by atoms with van der Waals surface area (Å²) in [6, 6.07) is 7.55. The van der Waals surface area contributed by atoms with Gasteiger partial charge in [0.15, 0.2) is 11.5 Å². The highest BCUT2D eigenvalue weighted by atomic mass is 32.2. The number of rotatable bonds is 5. The van der Waals surface area contributed by atoms with E-state index in [2.05, 4.69) is 26.6 Å². The number of hydrogen-bond donors (Lipinski definition) is 1. The Balaban J connectivity index is 1.69. The zero-order valence-corrected chi connectivity index (χ0v) is 16.5. The van der Waals surface area contributed by atoms with Crippen molar-refractivity contribution in [3.05, 3.63) is 52.6 Å². The molecule has 138 valence electrons. The summed E-state index contributed by atoms with van der Waals surface area (Å²) in [5.41, 5.74) is 4.06. The summed E-state index contributed by atoms with van der Waals surface area (Å²) in [6.07, 6.45) is 1.86. The zero-order valence-electron chi connectivity index (χ0n) is 15.6. The van der Waals surface area contributed by atoms with Crippen LogP contribution >= 0.6 is 11.8 Å². The molecule has 3 heterocycles. The van der Waals surface area contributed by atoms with Gasteiger partial charge in [-0.1, -0.05) is 17.8 Å². The van der Waals surface area contributed by atoms with Crippen LogP contribution in [0, 0.1) is 32.1 Å². The number of aryl methyl sites for hydroxylation is 1. The van der Waals surface area contributed by atoms with Crippen molar-refractivity contribution in [2.75, 3.05) is 5.75 Å². The summed E-state index contributed by atoms with van der Waals surface area (Å²) in [5, 5.41) is 21.2. The van der Waals surface area contributed by atoms with Crippen molar-refractivity contribution in [1.29, 1.82) is 5.26 Å². The third kappa shape index (κ3) is 3.78. The van der Waals surface area contributed by atoms with Crippen molar-refractivity contribution in [3.63, 3.8) is 0 Å². The van der Waals surface area contributed by atoms with Gasteiger partial charge in [0.1, 0.15) is 11.1 Å². The lowest BCUT2D eigenvalue weighted by Gasteiger charge is -2.13. The predicted octanol–water partition coefficient (Wildman–Crippen LogP) is 2.89. The van der Waals surface area contributed by atoms with Crippen LogP contribution in [-0.4, -0.2) is 31.2 Å². The van der Waals surface area contributed by atoms with E-state index >= 15 is 0 Å². The number of hydrogen-bond acceptors (Lipinski definition) is 6. The number of thioether (sulfide) groups is 1. The van der Waals surface area contributed by atoms with Crippen LogP contribution in [0.25, 0.3) is 5.65 Å². The fourth-order valence-electron chi connectivity index (χ4n) is 2.78. The summed E-state index contributed by atoms with van der Waals surface area (Å²) in [7, 11) is 0. The molecule has 0 saturated carbocycles. The lowest BCUT2D eigenvalue weighted by Crippen LogP contribution is -2.29. The van der Waals surface area contributed by atoms with Gasteiger partial charge in [0, 0.05) is 11.9 Å². The van der Waals surface area contributed by atoms with Gasteiger partial charge in [-0.25, -0.2) is 4.98 Å². The van der Waals surface area contributed by atoms with Crippen molar-refractivity contribution in [2.45, 2.75) is 38.8 Å². The molecule has 3 aromatic rings. The number of fused-ring (bicyclic) bond motifs is 1. The summed E-state index contributed by atoms with van der Waals surface area (Å²) in [5.74, 6) is 0.689. The Morgan fingerprint density at radius 3 is 2.81 bits per heavy atom. The third-order valence-electron chi connectivity index (χ3n) is 4.52. The largest absolute Gasteiger partial charge is 0.346 e. The van der Waals surface area contributed by atoms with Gasteiger partial charge in [-0.3, -0.25) is 9.20 Å². The van der Waals surface area contributed by atoms with E-state index in [0.717, 1.165) is 22.5 Å². The Labute approximate surface area is 161 Å². The Hall–Kier alpha value is -2.92. The third-order valence-corrected chi connectivity index (χ3v) is 5.50. The molecule has 0 saturated heterocycles. The van der Waals surface area contributed by atoms with E-state index in [1.807, 2.05) is 56.5 Å². The Morgan fingerprint density at radius 1 is 1.30 bits per heavy atom. The molecule has 0 bridgehead atoms. The molecule has 3 aromatic heterocycles. The summed E-state index contributed by atoms with van der Waals surface area (Å²) < 4.78 is 1.85. The molecule has 3 rings (SSSR count). The maximum atomic E-state index is 12.4. The molecule has 1 amide bonds. The van der Waals surface area contributed by atoms with E-state index in [-0.39, 0.29) is 17.7 Å². The maximum Gasteiger partial charge on any atom is 0.231 e. The molecule has 0 fully saturated rings. The number of pyridine rings is 2. The van der Waals surface area contributed by atoms with Crippen LogP contribution in [-0.2, 0) is 4.79 Å². The summed E-state index contributed by atoms with van der Waals surface area (Å²) in [6.45, 7) is 7.63. The molecule has 0 spiro atoms. The van der Waals surface area contributed by atoms with Gasteiger partial charge in [-0.05, 0) is 51.0 Å². The van der Waals surface area contributed by atoms with E-state index in [1.54, 1.807) is 0 Å². The smallest absolute Gasteiger partial charge is 0.231 e. The maximum absolute atomic E-state index is 12.4. The van der Waals surface area contributed by atoms with E-state index in [0.29, 0.717) is 16.4 Å². The van der Waals surface area contributed by atoms with Gasteiger partial charge >= 0.3 is 0 Å². The van der Waals surface area contributed by atoms with Gasteiger partial charge < -0.3 is 5.32 Å². The predicted molar refractivity (Wildman–Crippen MR) is 103 cm³/mol. The van der Waals surface area contributed by atoms with E-state index in [1.165, 1.54) is 11.8 Å². The molecular weight excluding hydrogens is 360 g/mol. The van der Waals surface area contributed by atoms with E-state index in [9.17, 15) is 10.1 Å². The average Bonchev–Trinajstić information content (AvgIpc) is 3.09. The van der Waals surface area contributed by atoms with Crippen LogP contribution < -0.4 is 5.32 Å². The molecule has 0 aliphatic heterocycles. The number of nitrogens with one attached hydrogen (secondary N) is 1. The topological polar surface area (TPSA) is 96.0 Å². The normalized spacial score (nSPS) is 12.0. The molecule has 0 aromatic carbocycles. The molecular formula is C19H20N6OS. The van der Waals surface area contributed by atoms with Crippen molar-refractivity contribution in [3.8, 4) is 6.07 Å². The standard InChI is InChI=1S/C19H20N6OS/c1-11-12(2)15(9-20)19(22-13(11)3)27-10-17(26)21-14(4)18-24-23-16-7-5-6-8-25(16)18/h5-8,14H,10H2,1-4H3,(H,21,26). The second-order valence-electron chi connectivity index (χ2n) is 6.30. The minimum Gasteiger partial charge on any atom is -0.346 e. The SMILES string of the molecule is Cc1nc(SCC(=O)NC(C)c2nnc3ccccn23)c(C#N)c(C)c1C. The fourth-order valence-corrected chi connectivity index (χ4v) is 3.68. The molecule has 1 N–H and O–H groups in total. The van der Waals surface area contributed by atoms with Crippen LogP contribution in [0.3, 0.4) is 0 Å². The minimum absolute atomic E-state index is 0.151. The van der Waals surface area contributed by atoms with Crippen molar-refractivity contribution < 1.29 is 4.79 Å². The first kappa shape index (κ1) is 18.9. The van der Waals surface area contributed by atoms with Gasteiger partial charge in [0.05, 0.1) is 17.4 Å². The summed E-state index contributed by atoms with van der Waals surface area (Å²) in [4.78, 5) is 16.9. The van der Waals surface area contributed by atoms with Crippen LogP contribution in [0.4, 0.5) is 0 Å². The number of amides is 1. The Bertz CT molecular complexity index is 1050. The molecule has 0 radical (unpaired) electrons. The lowest BCUT2D eigenvalue weighted by atomic mass is 10.1. The molecule has 1 unspecified atom stereocenters. The van der Waals surface area contributed by atoms with Gasteiger partial charge in [0.2, 0.25) is 5.91 Å². The number of aromatic nitrogens is 4. The number of carbonyl (C=O) groups is 1. The van der Waals surface area contributed by atoms with Crippen molar-refractivity contribution >= 4 is 23.3 Å². The van der Waals surface area contributed by atoms with E-state index < -0.39 is 0 Å². The van der Waals surface area contributed by atoms with Gasteiger partial charge in [-0.15, -0.1) is 10.2 Å². The van der Waals surface area contributed by atoms with Crippen molar-refractivity contribution in [1.82, 2.24) is 24.9 Å². The Kier molecular flexibility index (Phi) is 5.42. The number of nitrogens with zero attached hydrogens (tertiary/aromatic N) is 5. The lowest BCUT2D eigenvalue weighted by molar-refractivity contribution is -0.119. The van der Waals surface area contributed by atoms with E-state index in [4.69, 9.17) is 0 Å².